The number of ether oxygens (including phenoxy) is 3. The number of benzene rings is 3. The van der Waals surface area contributed by atoms with Gasteiger partial charge in [0.2, 0.25) is 11.5 Å². The van der Waals surface area contributed by atoms with Crippen LogP contribution in [0, 0.1) is 0 Å². The zero-order valence-corrected chi connectivity index (χ0v) is 21.1. The molecule has 0 amide bonds. The van der Waals surface area contributed by atoms with Crippen LogP contribution in [0.5, 0.6) is 17.2 Å². The van der Waals surface area contributed by atoms with Gasteiger partial charge in [-0.2, -0.15) is 13.2 Å². The molecule has 0 bridgehead atoms. The van der Waals surface area contributed by atoms with Crippen LogP contribution >= 0.6 is 0 Å². The molecule has 1 heterocycles. The maximum Gasteiger partial charge on any atom is 0.416 e. The summed E-state index contributed by atoms with van der Waals surface area (Å²) in [6.07, 6.45) is -3.56. The van der Waals surface area contributed by atoms with E-state index in [2.05, 4.69) is 4.98 Å². The van der Waals surface area contributed by atoms with Crippen molar-refractivity contribution < 1.29 is 40.6 Å². The number of imidazole rings is 1. The predicted octanol–water partition coefficient (Wildman–Crippen LogP) is 5.06. The van der Waals surface area contributed by atoms with Crippen LogP contribution in [-0.2, 0) is 16.2 Å². The average Bonchev–Trinajstić information content (AvgIpc) is 3.38. The number of alkyl halides is 3. The monoisotopic (exact) mass is 546 g/mol. The number of hydrogen-bond donors (Lipinski definition) is 0. The summed E-state index contributed by atoms with van der Waals surface area (Å²) in [5.74, 6) is -0.295. The highest BCUT2D eigenvalue weighted by Crippen LogP contribution is 2.39. The number of carbonyl (C=O) groups excluding carboxylic acids is 1. The molecule has 0 saturated carbocycles. The Morgan fingerprint density at radius 3 is 1.95 bits per heavy atom. The van der Waals surface area contributed by atoms with E-state index in [1.54, 1.807) is 6.07 Å². The molecule has 0 unspecified atom stereocenters. The Labute approximate surface area is 216 Å². The van der Waals surface area contributed by atoms with Gasteiger partial charge >= 0.3 is 6.18 Å². The summed E-state index contributed by atoms with van der Waals surface area (Å²) >= 11 is 0. The Morgan fingerprint density at radius 2 is 1.45 bits per heavy atom. The van der Waals surface area contributed by atoms with Crippen molar-refractivity contribution in [3.05, 3.63) is 89.7 Å². The molecule has 12 heteroatoms. The van der Waals surface area contributed by atoms with Gasteiger partial charge in [-0.25, -0.2) is 17.4 Å². The third kappa shape index (κ3) is 4.94. The van der Waals surface area contributed by atoms with Crippen molar-refractivity contribution in [2.75, 3.05) is 21.3 Å². The van der Waals surface area contributed by atoms with Gasteiger partial charge in [-0.3, -0.25) is 4.79 Å². The molecule has 0 aliphatic heterocycles. The highest BCUT2D eigenvalue weighted by atomic mass is 32.2. The van der Waals surface area contributed by atoms with Crippen LogP contribution in [0.1, 0.15) is 21.6 Å². The fraction of sp³-hybridized carbons (Fsp3) is 0.154. The zero-order valence-electron chi connectivity index (χ0n) is 20.3. The van der Waals surface area contributed by atoms with Gasteiger partial charge in [0.15, 0.2) is 17.3 Å². The van der Waals surface area contributed by atoms with Gasteiger partial charge < -0.3 is 14.2 Å². The van der Waals surface area contributed by atoms with Crippen LogP contribution in [0.15, 0.2) is 77.8 Å². The minimum absolute atomic E-state index is 0.0558. The summed E-state index contributed by atoms with van der Waals surface area (Å²) in [7, 11) is -0.139. The summed E-state index contributed by atoms with van der Waals surface area (Å²) in [4.78, 5) is 17.6. The molecule has 8 nitrogen and oxygen atoms in total. The molecule has 0 radical (unpaired) electrons. The molecule has 0 atom stereocenters. The number of halogens is 3. The maximum absolute atomic E-state index is 13.5. The Hall–Kier alpha value is -4.32. The number of methoxy groups -OCH3 is 3. The van der Waals surface area contributed by atoms with Crippen molar-refractivity contribution in [2.45, 2.75) is 11.1 Å². The molecule has 198 valence electrons. The maximum atomic E-state index is 13.5. The normalized spacial score (nSPS) is 11.7. The summed E-state index contributed by atoms with van der Waals surface area (Å²) in [5, 5.41) is 0. The molecular formula is C26H21F3N2O6S. The van der Waals surface area contributed by atoms with E-state index in [-0.39, 0.29) is 44.8 Å². The van der Waals surface area contributed by atoms with Gasteiger partial charge in [-0.1, -0.05) is 30.3 Å². The van der Waals surface area contributed by atoms with Gasteiger partial charge in [0, 0.05) is 11.1 Å². The zero-order chi connectivity index (χ0) is 27.7. The third-order valence-corrected chi connectivity index (χ3v) is 7.27. The van der Waals surface area contributed by atoms with Crippen molar-refractivity contribution in [1.82, 2.24) is 8.96 Å². The van der Waals surface area contributed by atoms with Gasteiger partial charge in [-0.05, 0) is 36.4 Å². The molecular weight excluding hydrogens is 525 g/mol. The highest BCUT2D eigenvalue weighted by molar-refractivity contribution is 7.90. The smallest absolute Gasteiger partial charge is 0.416 e. The minimum atomic E-state index is -4.59. The lowest BCUT2D eigenvalue weighted by Gasteiger charge is -2.13. The lowest BCUT2D eigenvalue weighted by molar-refractivity contribution is -0.137. The van der Waals surface area contributed by atoms with Crippen molar-refractivity contribution in [3.63, 3.8) is 0 Å². The topological polar surface area (TPSA) is 96.7 Å². The molecule has 0 saturated heterocycles. The quantitative estimate of drug-likeness (QED) is 0.285. The fourth-order valence-corrected chi connectivity index (χ4v) is 5.06. The Balaban J connectivity index is 1.89. The van der Waals surface area contributed by atoms with E-state index in [0.29, 0.717) is 0 Å². The Kier molecular flexibility index (Phi) is 7.18. The van der Waals surface area contributed by atoms with Gasteiger partial charge in [0.25, 0.3) is 10.0 Å². The molecule has 0 aliphatic rings. The van der Waals surface area contributed by atoms with Crippen LogP contribution in [0.25, 0.3) is 11.4 Å². The number of nitrogens with zero attached hydrogens (tertiary/aromatic N) is 2. The van der Waals surface area contributed by atoms with Crippen LogP contribution in [0.4, 0.5) is 13.2 Å². The largest absolute Gasteiger partial charge is 0.493 e. The molecule has 1 aromatic heterocycles. The molecule has 0 aliphatic carbocycles. The molecule has 0 spiro atoms. The SMILES string of the molecule is COc1cc(C(=O)c2cn(S(=O)(=O)c3ccccc3)c(-c3ccc(C(F)(F)F)cc3)n2)cc(OC)c1OC. The van der Waals surface area contributed by atoms with Crippen molar-refractivity contribution >= 4 is 15.8 Å². The summed E-state index contributed by atoms with van der Waals surface area (Å²) in [6, 6.07) is 13.9. The number of ketones is 1. The first kappa shape index (κ1) is 26.7. The van der Waals surface area contributed by atoms with Crippen LogP contribution in [0.2, 0.25) is 0 Å². The molecule has 38 heavy (non-hydrogen) atoms. The van der Waals surface area contributed by atoms with E-state index in [0.717, 1.165) is 34.4 Å². The number of carbonyl (C=O) groups is 1. The Bertz CT molecular complexity index is 1560. The summed E-state index contributed by atoms with van der Waals surface area (Å²) < 4.78 is 82.9. The third-order valence-electron chi connectivity index (χ3n) is 5.60. The number of hydrogen-bond acceptors (Lipinski definition) is 7. The average molecular weight is 547 g/mol. The van der Waals surface area contributed by atoms with Gasteiger partial charge in [0.1, 0.15) is 5.69 Å². The van der Waals surface area contributed by atoms with E-state index >= 15 is 0 Å². The first-order valence-electron chi connectivity index (χ1n) is 10.9. The first-order valence-corrected chi connectivity index (χ1v) is 12.4. The van der Waals surface area contributed by atoms with E-state index < -0.39 is 27.5 Å². The lowest BCUT2D eigenvalue weighted by Crippen LogP contribution is -2.13. The van der Waals surface area contributed by atoms with E-state index in [1.165, 1.54) is 57.7 Å². The van der Waals surface area contributed by atoms with Crippen LogP contribution in [-0.4, -0.2) is 44.5 Å². The lowest BCUT2D eigenvalue weighted by atomic mass is 10.1. The van der Waals surface area contributed by atoms with Crippen molar-refractivity contribution in [2.24, 2.45) is 0 Å². The van der Waals surface area contributed by atoms with Gasteiger partial charge in [-0.15, -0.1) is 0 Å². The van der Waals surface area contributed by atoms with Crippen LogP contribution in [0.3, 0.4) is 0 Å². The molecule has 0 fully saturated rings. The van der Waals surface area contributed by atoms with E-state index in [9.17, 15) is 26.4 Å². The molecule has 4 aromatic rings. The second kappa shape index (κ2) is 10.2. The number of rotatable bonds is 8. The second-order valence-corrected chi connectivity index (χ2v) is 9.70. The first-order chi connectivity index (χ1) is 18.0. The number of aromatic nitrogens is 2. The minimum Gasteiger partial charge on any atom is -0.493 e. The van der Waals surface area contributed by atoms with Crippen molar-refractivity contribution in [3.8, 4) is 28.6 Å². The van der Waals surface area contributed by atoms with Crippen LogP contribution < -0.4 is 14.2 Å². The summed E-state index contributed by atoms with van der Waals surface area (Å²) in [5.41, 5.74) is -1.07. The van der Waals surface area contributed by atoms with Crippen molar-refractivity contribution in [1.29, 1.82) is 0 Å². The van der Waals surface area contributed by atoms with E-state index in [4.69, 9.17) is 14.2 Å². The molecule has 4 rings (SSSR count). The highest BCUT2D eigenvalue weighted by Gasteiger charge is 2.31. The summed E-state index contributed by atoms with van der Waals surface area (Å²) in [6.45, 7) is 0. The second-order valence-electron chi connectivity index (χ2n) is 7.88. The predicted molar refractivity (Wildman–Crippen MR) is 131 cm³/mol. The Morgan fingerprint density at radius 1 is 0.868 bits per heavy atom. The fourth-order valence-electron chi connectivity index (χ4n) is 3.72. The van der Waals surface area contributed by atoms with E-state index in [1.807, 2.05) is 0 Å². The standard InChI is InChI=1S/C26H21F3N2O6S/c1-35-21-13-17(14-22(36-2)24(21)37-3)23(32)20-15-31(38(33,34)19-7-5-4-6-8-19)25(30-20)16-9-11-18(12-10-16)26(27,28)29/h4-15H,1-3H3. The molecule has 3 aromatic carbocycles. The molecule has 0 N–H and O–H groups in total. The van der Waals surface area contributed by atoms with Gasteiger partial charge in [0.05, 0.1) is 38.0 Å².